The molecule has 14 nitrogen and oxygen atoms in total. The number of benzene rings is 1. The van der Waals surface area contributed by atoms with Gasteiger partial charge in [0, 0.05) is 30.4 Å². The summed E-state index contributed by atoms with van der Waals surface area (Å²) in [5.74, 6) is 0.251. The fourth-order valence-corrected chi connectivity index (χ4v) is 5.63. The maximum absolute atomic E-state index is 12.9. The van der Waals surface area contributed by atoms with Crippen LogP contribution in [0.2, 0.25) is 0 Å². The van der Waals surface area contributed by atoms with Crippen molar-refractivity contribution < 1.29 is 21.9 Å². The number of nitrogens with one attached hydrogen (secondary N) is 4. The number of hydrazone groups is 1. The summed E-state index contributed by atoms with van der Waals surface area (Å²) in [7, 11) is -9.03. The summed E-state index contributed by atoms with van der Waals surface area (Å²) in [6, 6.07) is 4.15. The van der Waals surface area contributed by atoms with Crippen molar-refractivity contribution in [2.24, 2.45) is 16.0 Å². The molecule has 0 bridgehead atoms. The number of aromatic nitrogens is 1. The molecule has 174 valence electrons. The first kappa shape index (κ1) is 23.8. The number of nitrogens with two attached hydrogens (primary N) is 3. The Morgan fingerprint density at radius 3 is 2.53 bits per heavy atom. The zero-order valence-electron chi connectivity index (χ0n) is 16.8. The van der Waals surface area contributed by atoms with Crippen molar-refractivity contribution in [1.29, 1.82) is 0 Å². The van der Waals surface area contributed by atoms with E-state index in [4.69, 9.17) is 16.6 Å². The highest BCUT2D eigenvalue weighted by atomic mass is 32.2. The van der Waals surface area contributed by atoms with Crippen molar-refractivity contribution in [1.82, 2.24) is 26.2 Å². The van der Waals surface area contributed by atoms with Crippen LogP contribution in [0.5, 0.6) is 0 Å². The smallest absolute Gasteiger partial charge is 0.242 e. The van der Waals surface area contributed by atoms with E-state index in [-0.39, 0.29) is 29.3 Å². The summed E-state index contributed by atoms with van der Waals surface area (Å²) in [5, 5.41) is 19.0. The first-order chi connectivity index (χ1) is 15.0. The third-order valence-corrected chi connectivity index (χ3v) is 7.14. The van der Waals surface area contributed by atoms with Crippen LogP contribution in [0.1, 0.15) is 11.1 Å². The summed E-state index contributed by atoms with van der Waals surface area (Å²) in [5.41, 5.74) is 19.8. The van der Waals surface area contributed by atoms with Crippen LogP contribution in [0, 0.1) is 6.92 Å². The average Bonchev–Trinajstić information content (AvgIpc) is 3.27. The van der Waals surface area contributed by atoms with Crippen LogP contribution in [0.4, 0.5) is 5.82 Å². The maximum atomic E-state index is 12.9. The predicted molar refractivity (Wildman–Crippen MR) is 116 cm³/mol. The van der Waals surface area contributed by atoms with Crippen LogP contribution in [0.25, 0.3) is 11.1 Å². The molecule has 1 aliphatic heterocycles. The predicted octanol–water partition coefficient (Wildman–Crippen LogP) is -2.84. The molecule has 0 saturated heterocycles. The van der Waals surface area contributed by atoms with E-state index in [1.54, 1.807) is 13.0 Å². The van der Waals surface area contributed by atoms with Gasteiger partial charge >= 0.3 is 0 Å². The van der Waals surface area contributed by atoms with E-state index in [1.165, 1.54) is 12.3 Å². The third kappa shape index (κ3) is 4.80. The van der Waals surface area contributed by atoms with Gasteiger partial charge in [0.2, 0.25) is 20.0 Å². The van der Waals surface area contributed by atoms with E-state index in [1.807, 2.05) is 0 Å². The topological polar surface area (TPSA) is 240 Å². The maximum Gasteiger partial charge on any atom is 0.242 e. The summed E-state index contributed by atoms with van der Waals surface area (Å²) in [4.78, 5) is 2.76. The van der Waals surface area contributed by atoms with Gasteiger partial charge in [-0.3, -0.25) is 5.43 Å². The van der Waals surface area contributed by atoms with Crippen molar-refractivity contribution >= 4 is 31.7 Å². The van der Waals surface area contributed by atoms with Gasteiger partial charge in [0.1, 0.15) is 15.6 Å². The number of primary sulfonamides is 1. The standard InChI is InChI=1S/C16H23N9O5S2/c1-8-4-9(6-20-15(8)18)11-2-3-12(32(29,30)21-7-10(26)5-17)14(31(19,27)28)13(11)16-22-24-25-23-16/h2-4,6,10,21,24-26H,5,7,17H2,1H3,(H2,18,20)(H,22,23)(H2,19,27,28)/t10-/m0/s1. The molecule has 1 aromatic heterocycles. The number of hydrogen-bond acceptors (Lipinski definition) is 12. The van der Waals surface area contributed by atoms with Crippen molar-refractivity contribution in [2.45, 2.75) is 22.8 Å². The van der Waals surface area contributed by atoms with E-state index < -0.39 is 42.5 Å². The second-order valence-corrected chi connectivity index (χ2v) is 10.1. The van der Waals surface area contributed by atoms with Gasteiger partial charge in [0.15, 0.2) is 5.84 Å². The molecule has 1 atom stereocenters. The molecule has 0 aliphatic carbocycles. The van der Waals surface area contributed by atoms with Gasteiger partial charge in [0.25, 0.3) is 0 Å². The van der Waals surface area contributed by atoms with E-state index in [0.29, 0.717) is 11.1 Å². The summed E-state index contributed by atoms with van der Waals surface area (Å²) < 4.78 is 53.3. The second kappa shape index (κ2) is 8.94. The number of nitrogens with zero attached hydrogens (tertiary/aromatic N) is 2. The Hall–Kier alpha value is -2.86. The van der Waals surface area contributed by atoms with Gasteiger partial charge in [-0.15, -0.1) is 10.6 Å². The molecular formula is C16H23N9O5S2. The molecule has 1 aromatic carbocycles. The number of rotatable bonds is 8. The van der Waals surface area contributed by atoms with Crippen molar-refractivity contribution in [3.05, 3.63) is 35.5 Å². The van der Waals surface area contributed by atoms with Crippen molar-refractivity contribution in [3.63, 3.8) is 0 Å². The Morgan fingerprint density at radius 1 is 1.25 bits per heavy atom. The van der Waals surface area contributed by atoms with E-state index >= 15 is 0 Å². The molecule has 0 spiro atoms. The quantitative estimate of drug-likeness (QED) is 0.189. The number of nitrogen functional groups attached to an aromatic ring is 1. The highest BCUT2D eigenvalue weighted by Gasteiger charge is 2.33. The highest BCUT2D eigenvalue weighted by Crippen LogP contribution is 2.34. The molecule has 2 heterocycles. The fraction of sp³-hybridized carbons (Fsp3) is 0.250. The number of hydrazine groups is 2. The van der Waals surface area contributed by atoms with Crippen molar-refractivity contribution in [2.75, 3.05) is 18.8 Å². The van der Waals surface area contributed by atoms with Gasteiger partial charge in [-0.1, -0.05) is 6.07 Å². The monoisotopic (exact) mass is 485 g/mol. The third-order valence-electron chi connectivity index (χ3n) is 4.55. The SMILES string of the molecule is Cc1cc(-c2ccc(S(=O)(=O)NC[C@@H](O)CN)c(S(N)(=O)=O)c2C2=NNNN2)cnc1N. The Balaban J connectivity index is 2.32. The summed E-state index contributed by atoms with van der Waals surface area (Å²) >= 11 is 0. The molecule has 0 radical (unpaired) electrons. The fourth-order valence-electron chi connectivity index (χ4n) is 2.95. The number of aliphatic hydroxyl groups excluding tert-OH is 1. The normalized spacial score (nSPS) is 15.1. The van der Waals surface area contributed by atoms with Crippen LogP contribution >= 0.6 is 0 Å². The van der Waals surface area contributed by atoms with E-state index in [2.05, 4.69) is 31.3 Å². The summed E-state index contributed by atoms with van der Waals surface area (Å²) in [6.45, 7) is 1.09. The largest absolute Gasteiger partial charge is 0.390 e. The Kier molecular flexibility index (Phi) is 6.65. The highest BCUT2D eigenvalue weighted by molar-refractivity contribution is 7.92. The minimum Gasteiger partial charge on any atom is -0.390 e. The molecule has 0 unspecified atom stereocenters. The van der Waals surface area contributed by atoms with Gasteiger partial charge in [0.05, 0.1) is 6.10 Å². The minimum absolute atomic E-state index is 0.0301. The lowest BCUT2D eigenvalue weighted by Gasteiger charge is -2.18. The molecular weight excluding hydrogens is 462 g/mol. The molecule has 11 N–H and O–H groups in total. The molecule has 1 aliphatic rings. The van der Waals surface area contributed by atoms with E-state index in [9.17, 15) is 21.9 Å². The van der Waals surface area contributed by atoms with Crippen LogP contribution in [-0.2, 0) is 20.0 Å². The zero-order valence-corrected chi connectivity index (χ0v) is 18.5. The first-order valence-corrected chi connectivity index (χ1v) is 12.1. The van der Waals surface area contributed by atoms with Crippen LogP contribution < -0.4 is 37.8 Å². The molecule has 0 saturated carbocycles. The van der Waals surface area contributed by atoms with E-state index in [0.717, 1.165) is 6.07 Å². The van der Waals surface area contributed by atoms with Gasteiger partial charge in [-0.25, -0.2) is 37.2 Å². The summed E-state index contributed by atoms with van der Waals surface area (Å²) in [6.07, 6.45) is 0.244. The van der Waals surface area contributed by atoms with Crippen LogP contribution in [0.15, 0.2) is 39.3 Å². The number of amidine groups is 1. The van der Waals surface area contributed by atoms with Gasteiger partial charge in [-0.05, 0) is 30.2 Å². The molecule has 0 fully saturated rings. The molecule has 3 rings (SSSR count). The lowest BCUT2D eigenvalue weighted by Crippen LogP contribution is -2.38. The average molecular weight is 486 g/mol. The van der Waals surface area contributed by atoms with Crippen molar-refractivity contribution in [3.8, 4) is 11.1 Å². The lowest BCUT2D eigenvalue weighted by molar-refractivity contribution is 0.186. The Morgan fingerprint density at radius 2 is 1.97 bits per heavy atom. The number of aryl methyl sites for hydroxylation is 1. The zero-order chi connectivity index (χ0) is 23.7. The number of sulfonamides is 2. The Bertz CT molecular complexity index is 1280. The van der Waals surface area contributed by atoms with Crippen LogP contribution in [0.3, 0.4) is 0 Å². The number of hydrogen-bond donors (Lipinski definition) is 8. The minimum atomic E-state index is -4.61. The Labute approximate surface area is 184 Å². The second-order valence-electron chi connectivity index (χ2n) is 6.85. The van der Waals surface area contributed by atoms with Gasteiger partial charge < -0.3 is 16.6 Å². The molecule has 16 heteroatoms. The molecule has 32 heavy (non-hydrogen) atoms. The van der Waals surface area contributed by atoms with Crippen LogP contribution in [-0.4, -0.2) is 52.0 Å². The molecule has 0 amide bonds. The number of pyridine rings is 1. The number of aliphatic hydroxyl groups is 1. The number of anilines is 1. The van der Waals surface area contributed by atoms with Gasteiger partial charge in [-0.2, -0.15) is 0 Å². The lowest BCUT2D eigenvalue weighted by atomic mass is 9.99. The molecule has 2 aromatic rings. The first-order valence-electron chi connectivity index (χ1n) is 9.10.